The molecule has 0 spiro atoms. The third kappa shape index (κ3) is 4.23. The van der Waals surface area contributed by atoms with E-state index in [1.807, 2.05) is 19.1 Å². The van der Waals surface area contributed by atoms with E-state index in [9.17, 15) is 13.2 Å². The Labute approximate surface area is 134 Å². The van der Waals surface area contributed by atoms with Gasteiger partial charge in [-0.25, -0.2) is 13.2 Å². The Bertz CT molecular complexity index is 830. The van der Waals surface area contributed by atoms with E-state index in [1.165, 1.54) is 18.2 Å². The molecule has 2 N–H and O–H groups in total. The molecule has 0 saturated heterocycles. The number of ether oxygens (including phenoxy) is 1. The molecule has 0 aliphatic heterocycles. The van der Waals surface area contributed by atoms with E-state index < -0.39 is 22.6 Å². The zero-order valence-electron chi connectivity index (χ0n) is 12.7. The first-order chi connectivity index (χ1) is 10.8. The minimum absolute atomic E-state index is 0.0842. The second-order valence-corrected chi connectivity index (χ2v) is 6.71. The minimum atomic E-state index is -3.73. The normalized spacial score (nSPS) is 11.0. The molecule has 0 aliphatic rings. The molecule has 2 aromatic carbocycles. The van der Waals surface area contributed by atoms with Gasteiger partial charge >= 0.3 is 5.97 Å². The number of sulfonamides is 1. The molecular weight excluding hydrogens is 318 g/mol. The summed E-state index contributed by atoms with van der Waals surface area (Å²) in [6.45, 7) is 2.99. The van der Waals surface area contributed by atoms with Gasteiger partial charge in [-0.3, -0.25) is 4.72 Å². The Morgan fingerprint density at radius 2 is 1.83 bits per heavy atom. The maximum atomic E-state index is 12.4. The molecule has 122 valence electrons. The predicted octanol–water partition coefficient (Wildman–Crippen LogP) is 2.57. The fraction of sp³-hybridized carbons (Fsp3) is 0.188. The van der Waals surface area contributed by atoms with Crippen LogP contribution >= 0.6 is 0 Å². The van der Waals surface area contributed by atoms with Crippen molar-refractivity contribution < 1.29 is 23.1 Å². The molecule has 2 aromatic rings. The number of aliphatic carboxylic acids is 1. The van der Waals surface area contributed by atoms with E-state index in [1.54, 1.807) is 19.1 Å². The summed E-state index contributed by atoms with van der Waals surface area (Å²) in [5, 5.41) is 8.61. The van der Waals surface area contributed by atoms with Gasteiger partial charge in [-0.2, -0.15) is 0 Å². The average Bonchev–Trinajstić information content (AvgIpc) is 2.48. The number of hydrogen-bond donors (Lipinski definition) is 2. The highest BCUT2D eigenvalue weighted by molar-refractivity contribution is 7.92. The van der Waals surface area contributed by atoms with E-state index in [0.29, 0.717) is 17.0 Å². The first kappa shape index (κ1) is 16.8. The molecule has 0 fully saturated rings. The van der Waals surface area contributed by atoms with Crippen LogP contribution in [-0.4, -0.2) is 26.1 Å². The van der Waals surface area contributed by atoms with Crippen molar-refractivity contribution in [2.24, 2.45) is 0 Å². The predicted molar refractivity (Wildman–Crippen MR) is 86.3 cm³/mol. The maximum Gasteiger partial charge on any atom is 0.341 e. The van der Waals surface area contributed by atoms with Gasteiger partial charge in [0.1, 0.15) is 5.75 Å². The van der Waals surface area contributed by atoms with Gasteiger partial charge in [0.2, 0.25) is 0 Å². The van der Waals surface area contributed by atoms with Gasteiger partial charge in [-0.1, -0.05) is 18.2 Å². The molecule has 0 amide bonds. The van der Waals surface area contributed by atoms with Crippen molar-refractivity contribution >= 4 is 21.7 Å². The van der Waals surface area contributed by atoms with Crippen molar-refractivity contribution in [2.75, 3.05) is 11.3 Å². The average molecular weight is 335 g/mol. The highest BCUT2D eigenvalue weighted by atomic mass is 32.2. The van der Waals surface area contributed by atoms with E-state index in [0.717, 1.165) is 5.56 Å². The number of anilines is 1. The zero-order chi connectivity index (χ0) is 17.0. The largest absolute Gasteiger partial charge is 0.482 e. The summed E-state index contributed by atoms with van der Waals surface area (Å²) in [5.41, 5.74) is 1.87. The van der Waals surface area contributed by atoms with Crippen LogP contribution < -0.4 is 9.46 Å². The van der Waals surface area contributed by atoms with E-state index >= 15 is 0 Å². The number of carboxylic acids is 1. The molecule has 0 unspecified atom stereocenters. The van der Waals surface area contributed by atoms with Crippen molar-refractivity contribution in [1.82, 2.24) is 0 Å². The van der Waals surface area contributed by atoms with Crippen LogP contribution in [0.15, 0.2) is 47.4 Å². The number of hydrogen-bond acceptors (Lipinski definition) is 4. The number of carbonyl (C=O) groups is 1. The first-order valence-corrected chi connectivity index (χ1v) is 8.31. The highest BCUT2D eigenvalue weighted by Gasteiger charge is 2.16. The summed E-state index contributed by atoms with van der Waals surface area (Å²) in [5.74, 6) is -0.760. The van der Waals surface area contributed by atoms with Crippen LogP contribution in [0, 0.1) is 13.8 Å². The lowest BCUT2D eigenvalue weighted by molar-refractivity contribution is -0.139. The molecule has 2 rings (SSSR count). The van der Waals surface area contributed by atoms with Gasteiger partial charge in [0, 0.05) is 0 Å². The van der Waals surface area contributed by atoms with Crippen molar-refractivity contribution in [3.8, 4) is 5.75 Å². The van der Waals surface area contributed by atoms with Crippen LogP contribution in [0.5, 0.6) is 5.75 Å². The van der Waals surface area contributed by atoms with Crippen molar-refractivity contribution in [3.63, 3.8) is 0 Å². The number of nitrogens with one attached hydrogen (secondary N) is 1. The van der Waals surface area contributed by atoms with Crippen LogP contribution in [-0.2, 0) is 14.8 Å². The number of aryl methyl sites for hydroxylation is 2. The van der Waals surface area contributed by atoms with Gasteiger partial charge < -0.3 is 9.84 Å². The quantitative estimate of drug-likeness (QED) is 0.846. The lowest BCUT2D eigenvalue weighted by Gasteiger charge is -2.12. The van der Waals surface area contributed by atoms with E-state index in [2.05, 4.69) is 4.72 Å². The Morgan fingerprint density at radius 3 is 2.43 bits per heavy atom. The van der Waals surface area contributed by atoms with E-state index in [-0.39, 0.29) is 4.90 Å². The fourth-order valence-electron chi connectivity index (χ4n) is 1.98. The molecule has 6 nitrogen and oxygen atoms in total. The molecule has 7 heteroatoms. The molecule has 0 aromatic heterocycles. The zero-order valence-corrected chi connectivity index (χ0v) is 13.6. The number of carboxylic acid groups (broad SMARTS) is 1. The molecule has 0 saturated carbocycles. The Kier molecular flexibility index (Phi) is 4.90. The SMILES string of the molecule is Cc1ccccc1NS(=O)(=O)c1ccc(OCC(=O)O)c(C)c1. The van der Waals surface area contributed by atoms with Crippen LogP contribution in [0.1, 0.15) is 11.1 Å². The summed E-state index contributed by atoms with van der Waals surface area (Å²) in [6.07, 6.45) is 0. The van der Waals surface area contributed by atoms with Crippen LogP contribution in [0.25, 0.3) is 0 Å². The monoisotopic (exact) mass is 335 g/mol. The number of para-hydroxylation sites is 1. The van der Waals surface area contributed by atoms with Gasteiger partial charge in [-0.05, 0) is 49.2 Å². The molecule has 0 aliphatic carbocycles. The summed E-state index contributed by atoms with van der Waals surface area (Å²) in [6, 6.07) is 11.3. The molecule has 23 heavy (non-hydrogen) atoms. The molecule has 0 heterocycles. The Morgan fingerprint density at radius 1 is 1.13 bits per heavy atom. The van der Waals surface area contributed by atoms with Gasteiger partial charge in [0.25, 0.3) is 10.0 Å². The third-order valence-electron chi connectivity index (χ3n) is 3.20. The second-order valence-electron chi connectivity index (χ2n) is 5.03. The van der Waals surface area contributed by atoms with Gasteiger partial charge in [0.05, 0.1) is 10.6 Å². The Hall–Kier alpha value is -2.54. The molecule has 0 radical (unpaired) electrons. The standard InChI is InChI=1S/C16H17NO5S/c1-11-5-3-4-6-14(11)17-23(20,21)13-7-8-15(12(2)9-13)22-10-16(18)19/h3-9,17H,10H2,1-2H3,(H,18,19). The van der Waals surface area contributed by atoms with Gasteiger partial charge in [-0.15, -0.1) is 0 Å². The molecule has 0 bridgehead atoms. The van der Waals surface area contributed by atoms with Crippen LogP contribution in [0.4, 0.5) is 5.69 Å². The lowest BCUT2D eigenvalue weighted by Crippen LogP contribution is -2.14. The lowest BCUT2D eigenvalue weighted by atomic mass is 10.2. The topological polar surface area (TPSA) is 92.7 Å². The number of benzene rings is 2. The third-order valence-corrected chi connectivity index (χ3v) is 4.56. The summed E-state index contributed by atoms with van der Waals surface area (Å²) >= 11 is 0. The van der Waals surface area contributed by atoms with Crippen molar-refractivity contribution in [1.29, 1.82) is 0 Å². The fourth-order valence-corrected chi connectivity index (χ4v) is 3.20. The highest BCUT2D eigenvalue weighted by Crippen LogP contribution is 2.24. The summed E-state index contributed by atoms with van der Waals surface area (Å²) < 4.78 is 32.5. The smallest absolute Gasteiger partial charge is 0.341 e. The first-order valence-electron chi connectivity index (χ1n) is 6.83. The Balaban J connectivity index is 2.25. The maximum absolute atomic E-state index is 12.4. The van der Waals surface area contributed by atoms with Gasteiger partial charge in [0.15, 0.2) is 6.61 Å². The molecule has 0 atom stereocenters. The van der Waals surface area contributed by atoms with E-state index in [4.69, 9.17) is 9.84 Å². The van der Waals surface area contributed by atoms with Crippen LogP contribution in [0.2, 0.25) is 0 Å². The van der Waals surface area contributed by atoms with Crippen LogP contribution in [0.3, 0.4) is 0 Å². The molecular formula is C16H17NO5S. The van der Waals surface area contributed by atoms with Crippen molar-refractivity contribution in [2.45, 2.75) is 18.7 Å². The summed E-state index contributed by atoms with van der Waals surface area (Å²) in [4.78, 5) is 10.6. The summed E-state index contributed by atoms with van der Waals surface area (Å²) in [7, 11) is -3.73. The number of rotatable bonds is 6. The second kappa shape index (κ2) is 6.70. The van der Waals surface area contributed by atoms with Crippen molar-refractivity contribution in [3.05, 3.63) is 53.6 Å². The minimum Gasteiger partial charge on any atom is -0.482 e.